The number of amides is 3. The van der Waals surface area contributed by atoms with Gasteiger partial charge in [-0.05, 0) is 16.7 Å². The van der Waals surface area contributed by atoms with Crippen LogP contribution in [0, 0.1) is 0 Å². The summed E-state index contributed by atoms with van der Waals surface area (Å²) in [5.74, 6) is -0.337. The number of rotatable bonds is 3. The molecule has 1 aliphatic rings. The van der Waals surface area contributed by atoms with Crippen molar-refractivity contribution < 1.29 is 9.59 Å². The summed E-state index contributed by atoms with van der Waals surface area (Å²) in [7, 11) is 0. The first kappa shape index (κ1) is 13.1. The Morgan fingerprint density at radius 3 is 2.24 bits per heavy atom. The number of benzene rings is 2. The summed E-state index contributed by atoms with van der Waals surface area (Å²) in [5.41, 5.74) is 3.12. The first-order chi connectivity index (χ1) is 10.2. The van der Waals surface area contributed by atoms with E-state index in [9.17, 15) is 9.59 Å². The third kappa shape index (κ3) is 2.97. The lowest BCUT2D eigenvalue weighted by Crippen LogP contribution is -2.24. The molecule has 1 saturated heterocycles. The zero-order valence-corrected chi connectivity index (χ0v) is 11.2. The van der Waals surface area contributed by atoms with Gasteiger partial charge in [0.15, 0.2) is 0 Å². The van der Waals surface area contributed by atoms with Crippen molar-refractivity contribution in [3.63, 3.8) is 0 Å². The summed E-state index contributed by atoms with van der Waals surface area (Å²) in [5, 5.41) is 7.28. The first-order valence-electron chi connectivity index (χ1n) is 6.53. The highest BCUT2D eigenvalue weighted by Gasteiger charge is 2.25. The maximum absolute atomic E-state index is 11.3. The van der Waals surface area contributed by atoms with Crippen molar-refractivity contribution in [2.45, 2.75) is 0 Å². The molecule has 0 radical (unpaired) electrons. The number of carbonyl (C=O) groups is 2. The van der Waals surface area contributed by atoms with Gasteiger partial charge in [0.05, 0.1) is 6.21 Å². The molecule has 0 aliphatic carbocycles. The average molecular weight is 279 g/mol. The van der Waals surface area contributed by atoms with Crippen LogP contribution in [0.5, 0.6) is 0 Å². The van der Waals surface area contributed by atoms with Gasteiger partial charge in [0.1, 0.15) is 6.54 Å². The van der Waals surface area contributed by atoms with Gasteiger partial charge in [-0.15, -0.1) is 0 Å². The van der Waals surface area contributed by atoms with E-state index in [1.807, 2.05) is 54.6 Å². The molecule has 0 unspecified atom stereocenters. The summed E-state index contributed by atoms with van der Waals surface area (Å²) in [6, 6.07) is 17.4. The topological polar surface area (TPSA) is 61.8 Å². The van der Waals surface area contributed by atoms with Crippen molar-refractivity contribution in [3.05, 3.63) is 60.2 Å². The lowest BCUT2D eigenvalue weighted by atomic mass is 10.0. The van der Waals surface area contributed by atoms with Crippen LogP contribution >= 0.6 is 0 Å². The van der Waals surface area contributed by atoms with Gasteiger partial charge in [0.25, 0.3) is 0 Å². The summed E-state index contributed by atoms with van der Waals surface area (Å²) in [6.45, 7) is -0.0303. The molecule has 21 heavy (non-hydrogen) atoms. The van der Waals surface area contributed by atoms with E-state index in [1.54, 1.807) is 6.21 Å². The smallest absolute Gasteiger partial charge is 0.275 e. The van der Waals surface area contributed by atoms with E-state index in [2.05, 4.69) is 10.4 Å². The molecule has 0 saturated carbocycles. The van der Waals surface area contributed by atoms with Crippen molar-refractivity contribution in [2.24, 2.45) is 5.10 Å². The molecule has 5 heteroatoms. The number of hydrazone groups is 1. The largest absolute Gasteiger partial charge is 0.344 e. The number of imide groups is 1. The minimum atomic E-state index is -0.489. The first-order valence-corrected chi connectivity index (χ1v) is 6.53. The molecule has 1 aliphatic heterocycles. The molecule has 3 amide bonds. The molecule has 1 N–H and O–H groups in total. The standard InChI is InChI=1S/C16H13N3O2/c20-15-11-19(16(21)18-15)17-10-12-6-8-14(9-7-12)13-4-2-1-3-5-13/h1-10H,11H2,(H,18,20,21)/b17-10+. The number of hydrogen-bond acceptors (Lipinski definition) is 3. The highest BCUT2D eigenvalue weighted by atomic mass is 16.2. The maximum Gasteiger partial charge on any atom is 0.344 e. The van der Waals surface area contributed by atoms with E-state index < -0.39 is 6.03 Å². The number of hydrogen-bond donors (Lipinski definition) is 1. The molecule has 1 heterocycles. The predicted molar refractivity (Wildman–Crippen MR) is 79.7 cm³/mol. The van der Waals surface area contributed by atoms with Crippen LogP contribution in [0.25, 0.3) is 11.1 Å². The Morgan fingerprint density at radius 1 is 0.952 bits per heavy atom. The highest BCUT2D eigenvalue weighted by Crippen LogP contribution is 2.18. The normalized spacial score (nSPS) is 14.8. The second-order valence-corrected chi connectivity index (χ2v) is 4.64. The average Bonchev–Trinajstić information content (AvgIpc) is 2.84. The van der Waals surface area contributed by atoms with Gasteiger partial charge in [-0.25, -0.2) is 9.80 Å². The molecule has 3 rings (SSSR count). The molecular weight excluding hydrogens is 266 g/mol. The Balaban J connectivity index is 1.73. The molecular formula is C16H13N3O2. The number of nitrogens with one attached hydrogen (secondary N) is 1. The van der Waals surface area contributed by atoms with Crippen LogP contribution in [-0.4, -0.2) is 29.7 Å². The second kappa shape index (κ2) is 5.58. The molecule has 2 aromatic rings. The van der Waals surface area contributed by atoms with E-state index in [1.165, 1.54) is 0 Å². The minimum absolute atomic E-state index is 0.0303. The van der Waals surface area contributed by atoms with Crippen molar-refractivity contribution in [2.75, 3.05) is 6.54 Å². The Bertz CT molecular complexity index is 693. The SMILES string of the molecule is O=C1CN(/N=C/c2ccc(-c3ccccc3)cc2)C(=O)N1. The second-order valence-electron chi connectivity index (χ2n) is 4.64. The highest BCUT2D eigenvalue weighted by molar-refractivity contribution is 6.02. The lowest BCUT2D eigenvalue weighted by molar-refractivity contribution is -0.118. The van der Waals surface area contributed by atoms with E-state index >= 15 is 0 Å². The van der Waals surface area contributed by atoms with Gasteiger partial charge in [0.2, 0.25) is 5.91 Å². The van der Waals surface area contributed by atoms with E-state index in [0.717, 1.165) is 21.7 Å². The van der Waals surface area contributed by atoms with Gasteiger partial charge in [0, 0.05) is 0 Å². The van der Waals surface area contributed by atoms with Crippen LogP contribution < -0.4 is 5.32 Å². The van der Waals surface area contributed by atoms with Crippen LogP contribution in [0.2, 0.25) is 0 Å². The van der Waals surface area contributed by atoms with Crippen molar-refractivity contribution in [1.82, 2.24) is 10.3 Å². The number of nitrogens with zero attached hydrogens (tertiary/aromatic N) is 2. The van der Waals surface area contributed by atoms with E-state index in [-0.39, 0.29) is 12.5 Å². The Kier molecular flexibility index (Phi) is 3.47. The Hall–Kier alpha value is -2.95. The summed E-state index contributed by atoms with van der Waals surface area (Å²) < 4.78 is 0. The van der Waals surface area contributed by atoms with Crippen molar-refractivity contribution in [3.8, 4) is 11.1 Å². The molecule has 1 fully saturated rings. The fourth-order valence-corrected chi connectivity index (χ4v) is 2.05. The van der Waals surface area contributed by atoms with Gasteiger partial charge in [-0.1, -0.05) is 54.6 Å². The zero-order chi connectivity index (χ0) is 14.7. The predicted octanol–water partition coefficient (Wildman–Crippen LogP) is 2.24. The molecule has 5 nitrogen and oxygen atoms in total. The molecule has 0 spiro atoms. The Morgan fingerprint density at radius 2 is 1.62 bits per heavy atom. The third-order valence-corrected chi connectivity index (χ3v) is 3.14. The summed E-state index contributed by atoms with van der Waals surface area (Å²) in [6.07, 6.45) is 1.56. The fourth-order valence-electron chi connectivity index (χ4n) is 2.05. The van der Waals surface area contributed by atoms with Crippen LogP contribution in [0.4, 0.5) is 4.79 Å². The van der Waals surface area contributed by atoms with Crippen molar-refractivity contribution in [1.29, 1.82) is 0 Å². The summed E-state index contributed by atoms with van der Waals surface area (Å²) in [4.78, 5) is 22.4. The Labute approximate surface area is 121 Å². The van der Waals surface area contributed by atoms with Crippen molar-refractivity contribution >= 4 is 18.2 Å². The molecule has 104 valence electrons. The van der Waals surface area contributed by atoms with E-state index in [4.69, 9.17) is 0 Å². The molecule has 0 atom stereocenters. The lowest BCUT2D eigenvalue weighted by Gasteiger charge is -2.05. The van der Waals surface area contributed by atoms with Crippen LogP contribution in [0.1, 0.15) is 5.56 Å². The molecule has 0 bridgehead atoms. The molecule has 2 aromatic carbocycles. The van der Waals surface area contributed by atoms with Crippen LogP contribution in [0.3, 0.4) is 0 Å². The quantitative estimate of drug-likeness (QED) is 0.692. The summed E-state index contributed by atoms with van der Waals surface area (Å²) >= 11 is 0. The zero-order valence-electron chi connectivity index (χ0n) is 11.2. The van der Waals surface area contributed by atoms with E-state index in [0.29, 0.717) is 0 Å². The third-order valence-electron chi connectivity index (χ3n) is 3.14. The molecule has 0 aromatic heterocycles. The van der Waals surface area contributed by atoms with Gasteiger partial charge in [-0.3, -0.25) is 10.1 Å². The minimum Gasteiger partial charge on any atom is -0.275 e. The van der Waals surface area contributed by atoms with Crippen LogP contribution in [0.15, 0.2) is 59.7 Å². The van der Waals surface area contributed by atoms with Gasteiger partial charge in [-0.2, -0.15) is 5.10 Å². The monoisotopic (exact) mass is 279 g/mol. The fraction of sp³-hybridized carbons (Fsp3) is 0.0625. The number of carbonyl (C=O) groups excluding carboxylic acids is 2. The van der Waals surface area contributed by atoms with Gasteiger partial charge < -0.3 is 0 Å². The van der Waals surface area contributed by atoms with Crippen LogP contribution in [-0.2, 0) is 4.79 Å². The maximum atomic E-state index is 11.3. The number of urea groups is 1. The van der Waals surface area contributed by atoms with Gasteiger partial charge >= 0.3 is 6.03 Å².